The molecule has 1 fully saturated rings. The Kier molecular flexibility index (Phi) is 2.94. The molecule has 0 spiro atoms. The van der Waals surface area contributed by atoms with Crippen molar-refractivity contribution in [2.45, 2.75) is 6.42 Å². The van der Waals surface area contributed by atoms with Crippen LogP contribution in [-0.4, -0.2) is 23.5 Å². The number of carbonyl (C=O) groups excluding carboxylic acids is 1. The smallest absolute Gasteiger partial charge is 0.335 e. The Bertz CT molecular complexity index is 560. The van der Waals surface area contributed by atoms with Gasteiger partial charge in [-0.25, -0.2) is 4.79 Å². The Morgan fingerprint density at radius 3 is 2.78 bits per heavy atom. The molecule has 1 amide bonds. The van der Waals surface area contributed by atoms with Gasteiger partial charge in [0.25, 0.3) is 0 Å². The first-order valence-corrected chi connectivity index (χ1v) is 5.42. The summed E-state index contributed by atoms with van der Waals surface area (Å²) >= 11 is 0. The summed E-state index contributed by atoms with van der Waals surface area (Å²) in [6.45, 7) is 0.423. The highest BCUT2D eigenvalue weighted by molar-refractivity contribution is 6.00. The molecule has 1 aromatic rings. The molecular weight excluding hydrogens is 232 g/mol. The Balaban J connectivity index is 2.33. The molecule has 1 heterocycles. The number of rotatable bonds is 2. The molecule has 5 nitrogen and oxygen atoms in total. The Morgan fingerprint density at radius 1 is 1.56 bits per heavy atom. The fourth-order valence-electron chi connectivity index (χ4n) is 1.99. The highest BCUT2D eigenvalue weighted by Crippen LogP contribution is 2.30. The maximum Gasteiger partial charge on any atom is 0.335 e. The summed E-state index contributed by atoms with van der Waals surface area (Å²) < 4.78 is 0. The van der Waals surface area contributed by atoms with E-state index in [9.17, 15) is 9.59 Å². The van der Waals surface area contributed by atoms with Gasteiger partial charge in [-0.05, 0) is 18.2 Å². The minimum absolute atomic E-state index is 0.0901. The number of nitrogens with zero attached hydrogens (tertiary/aromatic N) is 1. The van der Waals surface area contributed by atoms with Gasteiger partial charge in [-0.2, -0.15) is 0 Å². The summed E-state index contributed by atoms with van der Waals surface area (Å²) in [5.41, 5.74) is 6.65. The predicted molar refractivity (Wildman–Crippen MR) is 67.1 cm³/mol. The van der Waals surface area contributed by atoms with Crippen molar-refractivity contribution in [2.24, 2.45) is 5.92 Å². The predicted octanol–water partition coefficient (Wildman–Crippen LogP) is 0.953. The molecule has 0 aromatic heterocycles. The lowest BCUT2D eigenvalue weighted by molar-refractivity contribution is -0.117. The fourth-order valence-corrected chi connectivity index (χ4v) is 1.99. The zero-order valence-corrected chi connectivity index (χ0v) is 9.59. The first kappa shape index (κ1) is 12.0. The van der Waals surface area contributed by atoms with Gasteiger partial charge in [-0.3, -0.25) is 4.79 Å². The number of hydrogen-bond donors (Lipinski definition) is 2. The molecule has 3 N–H and O–H groups in total. The average Bonchev–Trinajstić information content (AvgIpc) is 2.70. The van der Waals surface area contributed by atoms with E-state index in [1.54, 1.807) is 0 Å². The van der Waals surface area contributed by atoms with E-state index in [-0.39, 0.29) is 23.1 Å². The van der Waals surface area contributed by atoms with Crippen molar-refractivity contribution in [3.63, 3.8) is 0 Å². The van der Waals surface area contributed by atoms with E-state index >= 15 is 0 Å². The molecule has 1 atom stereocenters. The van der Waals surface area contributed by atoms with Crippen LogP contribution in [-0.2, 0) is 4.79 Å². The normalized spacial score (nSPS) is 18.7. The number of terminal acetylenes is 1. The minimum atomic E-state index is -1.05. The molecular formula is C13H12N2O3. The average molecular weight is 244 g/mol. The number of carboxylic acids is 1. The van der Waals surface area contributed by atoms with Crippen LogP contribution >= 0.6 is 0 Å². The molecule has 18 heavy (non-hydrogen) atoms. The third kappa shape index (κ3) is 2.00. The van der Waals surface area contributed by atoms with Crippen LogP contribution in [0.25, 0.3) is 0 Å². The number of aromatic carboxylic acids is 1. The van der Waals surface area contributed by atoms with Gasteiger partial charge in [-0.1, -0.05) is 0 Å². The van der Waals surface area contributed by atoms with Crippen molar-refractivity contribution in [1.82, 2.24) is 0 Å². The molecule has 0 aliphatic carbocycles. The number of anilines is 2. The van der Waals surface area contributed by atoms with E-state index in [0.29, 0.717) is 18.7 Å². The highest BCUT2D eigenvalue weighted by atomic mass is 16.4. The molecule has 5 heteroatoms. The van der Waals surface area contributed by atoms with Crippen molar-refractivity contribution >= 4 is 23.3 Å². The van der Waals surface area contributed by atoms with Crippen LogP contribution in [0.4, 0.5) is 11.4 Å². The van der Waals surface area contributed by atoms with Crippen LogP contribution in [0.5, 0.6) is 0 Å². The van der Waals surface area contributed by atoms with Crippen molar-refractivity contribution in [3.8, 4) is 12.3 Å². The summed E-state index contributed by atoms with van der Waals surface area (Å²) in [6, 6.07) is 4.30. The standard InChI is InChI=1S/C13H12N2O3/c1-2-8-5-12(16)15(7-8)11-4-3-9(13(17)18)6-10(11)14/h1,3-4,6,8H,5,7,14H2,(H,17,18). The van der Waals surface area contributed by atoms with E-state index in [2.05, 4.69) is 5.92 Å². The Morgan fingerprint density at radius 2 is 2.28 bits per heavy atom. The number of carbonyl (C=O) groups is 2. The molecule has 0 bridgehead atoms. The Labute approximate surface area is 104 Å². The first-order chi connectivity index (χ1) is 8.52. The van der Waals surface area contributed by atoms with Gasteiger partial charge in [0.2, 0.25) is 5.91 Å². The second kappa shape index (κ2) is 4.41. The van der Waals surface area contributed by atoms with E-state index < -0.39 is 5.97 Å². The lowest BCUT2D eigenvalue weighted by Crippen LogP contribution is -2.25. The van der Waals surface area contributed by atoms with Gasteiger partial charge in [0.1, 0.15) is 0 Å². The molecule has 1 unspecified atom stereocenters. The monoisotopic (exact) mass is 244 g/mol. The number of nitrogen functional groups attached to an aromatic ring is 1. The number of carboxylic acid groups (broad SMARTS) is 1. The summed E-state index contributed by atoms with van der Waals surface area (Å²) in [4.78, 5) is 24.1. The molecule has 0 saturated carbocycles. The van der Waals surface area contributed by atoms with Gasteiger partial charge in [0, 0.05) is 18.9 Å². The summed E-state index contributed by atoms with van der Waals surface area (Å²) in [7, 11) is 0. The Hall–Kier alpha value is -2.48. The third-order valence-corrected chi connectivity index (χ3v) is 2.93. The zero-order chi connectivity index (χ0) is 13.3. The van der Waals surface area contributed by atoms with E-state index in [4.69, 9.17) is 17.3 Å². The molecule has 92 valence electrons. The van der Waals surface area contributed by atoms with Crippen LogP contribution in [0.3, 0.4) is 0 Å². The van der Waals surface area contributed by atoms with E-state index in [0.717, 1.165) is 0 Å². The van der Waals surface area contributed by atoms with E-state index in [1.807, 2.05) is 0 Å². The van der Waals surface area contributed by atoms with E-state index in [1.165, 1.54) is 23.1 Å². The summed E-state index contributed by atoms with van der Waals surface area (Å²) in [5.74, 6) is 1.29. The second-order valence-corrected chi connectivity index (χ2v) is 4.15. The SMILES string of the molecule is C#CC1CC(=O)N(c2ccc(C(=O)O)cc2N)C1. The maximum absolute atomic E-state index is 11.8. The van der Waals surface area contributed by atoms with Crippen LogP contribution in [0.2, 0.25) is 0 Å². The van der Waals surface area contributed by atoms with Crippen molar-refractivity contribution in [2.75, 3.05) is 17.2 Å². The maximum atomic E-state index is 11.8. The number of nitrogens with two attached hydrogens (primary N) is 1. The first-order valence-electron chi connectivity index (χ1n) is 5.42. The van der Waals surface area contributed by atoms with Gasteiger partial charge in [0.05, 0.1) is 16.9 Å². The van der Waals surface area contributed by atoms with Crippen molar-refractivity contribution in [1.29, 1.82) is 0 Å². The minimum Gasteiger partial charge on any atom is -0.478 e. The van der Waals surface area contributed by atoms with Crippen LogP contribution in [0.15, 0.2) is 18.2 Å². The van der Waals surface area contributed by atoms with Gasteiger partial charge >= 0.3 is 5.97 Å². The second-order valence-electron chi connectivity index (χ2n) is 4.15. The largest absolute Gasteiger partial charge is 0.478 e. The quantitative estimate of drug-likeness (QED) is 0.599. The highest BCUT2D eigenvalue weighted by Gasteiger charge is 2.30. The van der Waals surface area contributed by atoms with Crippen LogP contribution < -0.4 is 10.6 Å². The molecule has 1 saturated heterocycles. The van der Waals surface area contributed by atoms with Crippen molar-refractivity contribution < 1.29 is 14.7 Å². The van der Waals surface area contributed by atoms with Crippen molar-refractivity contribution in [3.05, 3.63) is 23.8 Å². The van der Waals surface area contributed by atoms with Gasteiger partial charge in [0.15, 0.2) is 0 Å². The lowest BCUT2D eigenvalue weighted by Gasteiger charge is -2.18. The zero-order valence-electron chi connectivity index (χ0n) is 9.59. The fraction of sp³-hybridized carbons (Fsp3) is 0.231. The molecule has 0 radical (unpaired) electrons. The van der Waals surface area contributed by atoms with Gasteiger partial charge < -0.3 is 15.7 Å². The van der Waals surface area contributed by atoms with Gasteiger partial charge in [-0.15, -0.1) is 12.3 Å². The number of amides is 1. The molecule has 1 aliphatic heterocycles. The summed E-state index contributed by atoms with van der Waals surface area (Å²) in [6.07, 6.45) is 5.60. The van der Waals surface area contributed by atoms with Crippen LogP contribution in [0.1, 0.15) is 16.8 Å². The third-order valence-electron chi connectivity index (χ3n) is 2.93. The topological polar surface area (TPSA) is 83.6 Å². The lowest BCUT2D eigenvalue weighted by atomic mass is 10.1. The molecule has 1 aromatic carbocycles. The van der Waals surface area contributed by atoms with Crippen LogP contribution in [0, 0.1) is 18.3 Å². The summed E-state index contributed by atoms with van der Waals surface area (Å²) in [5, 5.41) is 8.83. The number of benzene rings is 1. The number of hydrogen-bond acceptors (Lipinski definition) is 3. The molecule has 1 aliphatic rings. The molecule has 2 rings (SSSR count).